The fourth-order valence-corrected chi connectivity index (χ4v) is 5.95. The number of thiazole rings is 1. The Morgan fingerprint density at radius 2 is 1.81 bits per heavy atom. The number of ketones is 1. The Morgan fingerprint density at radius 3 is 2.47 bits per heavy atom. The Morgan fingerprint density at radius 1 is 1.08 bits per heavy atom. The van der Waals surface area contributed by atoms with Gasteiger partial charge in [-0.2, -0.15) is 0 Å². The van der Waals surface area contributed by atoms with Crippen LogP contribution in [0.2, 0.25) is 0 Å². The fraction of sp³-hybridized carbons (Fsp3) is 0.233. The maximum Gasteiger partial charge on any atom is 0.271 e. The molecule has 0 N–H and O–H groups in total. The van der Waals surface area contributed by atoms with Gasteiger partial charge in [0.1, 0.15) is 5.75 Å². The highest BCUT2D eigenvalue weighted by Gasteiger charge is 2.33. The predicted octanol–water partition coefficient (Wildman–Crippen LogP) is 5.11. The summed E-state index contributed by atoms with van der Waals surface area (Å²) in [6.45, 7) is 7.68. The number of hydrogen-bond donors (Lipinski definition) is 0. The van der Waals surface area contributed by atoms with Crippen LogP contribution in [0.4, 0.5) is 0 Å². The number of allylic oxidation sites excluding steroid dienone is 2. The number of hydrogen-bond acceptors (Lipinski definition) is 5. The Bertz CT molecular complexity index is 1710. The van der Waals surface area contributed by atoms with Crippen molar-refractivity contribution in [1.29, 1.82) is 0 Å². The summed E-state index contributed by atoms with van der Waals surface area (Å²) < 4.78 is 8.01. The number of benzene rings is 3. The van der Waals surface area contributed by atoms with Crippen molar-refractivity contribution in [2.45, 2.75) is 39.7 Å². The molecule has 0 fully saturated rings. The number of carbonyl (C=O) groups is 1. The van der Waals surface area contributed by atoms with Gasteiger partial charge in [0.05, 0.1) is 17.7 Å². The van der Waals surface area contributed by atoms with Crippen LogP contribution in [0.15, 0.2) is 81.7 Å². The van der Waals surface area contributed by atoms with Crippen LogP contribution in [0.3, 0.4) is 0 Å². The second-order valence-electron chi connectivity index (χ2n) is 9.36. The normalized spacial score (nSPS) is 15.8. The number of aromatic nitrogens is 1. The zero-order chi connectivity index (χ0) is 25.6. The molecule has 1 aliphatic rings. The molecule has 6 heteroatoms. The molecule has 0 amide bonds. The SMILES string of the molecule is COc1ccc2ccccc2c1C1C(C(C)=O)=C(C)N=c2s/c(=C\c3ccc(C(C)C)cc3)c(=O)n21. The van der Waals surface area contributed by atoms with Gasteiger partial charge < -0.3 is 4.74 Å². The molecular formula is C30H28N2O3S. The Hall–Kier alpha value is -3.77. The smallest absolute Gasteiger partial charge is 0.271 e. The Labute approximate surface area is 213 Å². The molecule has 4 aromatic rings. The second-order valence-corrected chi connectivity index (χ2v) is 10.4. The van der Waals surface area contributed by atoms with Crippen molar-refractivity contribution in [1.82, 2.24) is 4.57 Å². The average molecular weight is 497 g/mol. The van der Waals surface area contributed by atoms with E-state index < -0.39 is 6.04 Å². The molecule has 0 spiro atoms. The molecule has 1 aromatic heterocycles. The van der Waals surface area contributed by atoms with E-state index in [0.717, 1.165) is 21.9 Å². The zero-order valence-electron chi connectivity index (χ0n) is 21.0. The maximum absolute atomic E-state index is 13.9. The fourth-order valence-electron chi connectivity index (χ4n) is 4.91. The summed E-state index contributed by atoms with van der Waals surface area (Å²) in [5.74, 6) is 0.953. The van der Waals surface area contributed by atoms with Gasteiger partial charge in [0.15, 0.2) is 10.6 Å². The molecule has 0 saturated carbocycles. The van der Waals surface area contributed by atoms with Crippen LogP contribution < -0.4 is 19.6 Å². The van der Waals surface area contributed by atoms with Crippen molar-refractivity contribution < 1.29 is 9.53 Å². The first-order valence-corrected chi connectivity index (χ1v) is 12.8. The Kier molecular flexibility index (Phi) is 6.22. The molecule has 5 rings (SSSR count). The van der Waals surface area contributed by atoms with Crippen molar-refractivity contribution in [3.63, 3.8) is 0 Å². The van der Waals surface area contributed by atoms with Crippen LogP contribution in [0.5, 0.6) is 5.75 Å². The number of Topliss-reactive ketones (excluding diaryl/α,β-unsaturated/α-hetero) is 1. The van der Waals surface area contributed by atoms with E-state index in [1.54, 1.807) is 11.7 Å². The first-order valence-electron chi connectivity index (χ1n) is 12.0. The second kappa shape index (κ2) is 9.36. The highest BCUT2D eigenvalue weighted by molar-refractivity contribution is 7.07. The van der Waals surface area contributed by atoms with E-state index in [9.17, 15) is 9.59 Å². The van der Waals surface area contributed by atoms with E-state index in [0.29, 0.717) is 32.3 Å². The van der Waals surface area contributed by atoms with Gasteiger partial charge in [0.2, 0.25) is 0 Å². The Balaban J connectivity index is 1.80. The van der Waals surface area contributed by atoms with Gasteiger partial charge in [0, 0.05) is 16.8 Å². The lowest BCUT2D eigenvalue weighted by Crippen LogP contribution is -2.39. The summed E-state index contributed by atoms with van der Waals surface area (Å²) in [5.41, 5.74) is 3.95. The van der Waals surface area contributed by atoms with Crippen LogP contribution in [-0.4, -0.2) is 17.5 Å². The van der Waals surface area contributed by atoms with Gasteiger partial charge in [-0.3, -0.25) is 14.2 Å². The molecule has 0 aliphatic carbocycles. The van der Waals surface area contributed by atoms with Crippen molar-refractivity contribution in [2.24, 2.45) is 4.99 Å². The van der Waals surface area contributed by atoms with Gasteiger partial charge >= 0.3 is 0 Å². The van der Waals surface area contributed by atoms with E-state index in [1.807, 2.05) is 61.5 Å². The number of rotatable bonds is 5. The van der Waals surface area contributed by atoms with Crippen molar-refractivity contribution in [2.75, 3.05) is 7.11 Å². The molecule has 0 radical (unpaired) electrons. The van der Waals surface area contributed by atoms with E-state index in [1.165, 1.54) is 23.8 Å². The summed E-state index contributed by atoms with van der Waals surface area (Å²) >= 11 is 1.34. The van der Waals surface area contributed by atoms with Crippen LogP contribution in [-0.2, 0) is 4.79 Å². The highest BCUT2D eigenvalue weighted by Crippen LogP contribution is 2.40. The largest absolute Gasteiger partial charge is 0.496 e. The summed E-state index contributed by atoms with van der Waals surface area (Å²) in [7, 11) is 1.61. The van der Waals surface area contributed by atoms with E-state index in [2.05, 4.69) is 26.0 Å². The molecule has 0 bridgehead atoms. The number of nitrogens with zero attached hydrogens (tertiary/aromatic N) is 2. The first kappa shape index (κ1) is 23.9. The summed E-state index contributed by atoms with van der Waals surface area (Å²) in [6.07, 6.45) is 1.90. The lowest BCUT2D eigenvalue weighted by Gasteiger charge is -2.27. The molecule has 1 atom stereocenters. The van der Waals surface area contributed by atoms with Crippen molar-refractivity contribution in [3.8, 4) is 5.75 Å². The molecule has 182 valence electrons. The molecule has 5 nitrogen and oxygen atoms in total. The minimum atomic E-state index is -0.634. The molecule has 1 unspecified atom stereocenters. The highest BCUT2D eigenvalue weighted by atomic mass is 32.1. The molecule has 2 heterocycles. The average Bonchev–Trinajstić information content (AvgIpc) is 3.16. The molecule has 1 aliphatic heterocycles. The minimum absolute atomic E-state index is 0.116. The van der Waals surface area contributed by atoms with Gasteiger partial charge in [-0.15, -0.1) is 0 Å². The first-order chi connectivity index (χ1) is 17.3. The standard InChI is InChI=1S/C30H28N2O3S/c1-17(2)21-12-10-20(11-13-21)16-25-29(34)32-28(26(19(4)33)18(3)31-30(32)36-25)27-23-9-7-6-8-22(23)14-15-24(27)35-5/h6-17,28H,1-5H3/b25-16-. The summed E-state index contributed by atoms with van der Waals surface area (Å²) in [5, 5.41) is 1.95. The van der Waals surface area contributed by atoms with Crippen molar-refractivity contribution >= 4 is 34.0 Å². The van der Waals surface area contributed by atoms with Crippen LogP contribution in [0.1, 0.15) is 56.3 Å². The van der Waals surface area contributed by atoms with Gasteiger partial charge in [-0.1, -0.05) is 79.8 Å². The third-order valence-electron chi connectivity index (χ3n) is 6.73. The third-order valence-corrected chi connectivity index (χ3v) is 7.71. The van der Waals surface area contributed by atoms with E-state index in [-0.39, 0.29) is 11.3 Å². The monoisotopic (exact) mass is 496 g/mol. The number of ether oxygens (including phenoxy) is 1. The molecule has 36 heavy (non-hydrogen) atoms. The van der Waals surface area contributed by atoms with Crippen LogP contribution in [0.25, 0.3) is 16.8 Å². The van der Waals surface area contributed by atoms with Crippen LogP contribution in [0, 0.1) is 0 Å². The topological polar surface area (TPSA) is 60.7 Å². The van der Waals surface area contributed by atoms with E-state index >= 15 is 0 Å². The summed E-state index contributed by atoms with van der Waals surface area (Å²) in [6, 6.07) is 19.5. The van der Waals surface area contributed by atoms with Crippen molar-refractivity contribution in [3.05, 3.63) is 108 Å². The lowest BCUT2D eigenvalue weighted by atomic mass is 9.89. The van der Waals surface area contributed by atoms with Gasteiger partial charge in [0.25, 0.3) is 5.56 Å². The maximum atomic E-state index is 13.9. The predicted molar refractivity (Wildman–Crippen MR) is 145 cm³/mol. The summed E-state index contributed by atoms with van der Waals surface area (Å²) in [4.78, 5) is 32.1. The van der Waals surface area contributed by atoms with Gasteiger partial charge in [-0.05, 0) is 53.8 Å². The number of methoxy groups -OCH3 is 1. The number of fused-ring (bicyclic) bond motifs is 2. The molecular weight excluding hydrogens is 468 g/mol. The zero-order valence-corrected chi connectivity index (χ0v) is 21.8. The minimum Gasteiger partial charge on any atom is -0.496 e. The quantitative estimate of drug-likeness (QED) is 0.386. The lowest BCUT2D eigenvalue weighted by molar-refractivity contribution is -0.114. The van der Waals surface area contributed by atoms with E-state index in [4.69, 9.17) is 9.73 Å². The van der Waals surface area contributed by atoms with Crippen LogP contribution >= 0.6 is 11.3 Å². The molecule has 0 saturated heterocycles. The number of carbonyl (C=O) groups excluding carboxylic acids is 1. The third kappa shape index (κ3) is 4.01. The van der Waals surface area contributed by atoms with Gasteiger partial charge in [-0.25, -0.2) is 4.99 Å². The molecule has 3 aromatic carbocycles.